The molecular formula is HNO5S. The van der Waals surface area contributed by atoms with E-state index in [0.29, 0.717) is 0 Å². The zero-order valence-electron chi connectivity index (χ0n) is 2.94. The molecule has 7 heteroatoms. The van der Waals surface area contributed by atoms with Gasteiger partial charge < -0.3 is 0 Å². The lowest BCUT2D eigenvalue weighted by Gasteiger charge is -1.76. The van der Waals surface area contributed by atoms with Crippen LogP contribution in [-0.2, 0) is 10.3 Å². The maximum absolute atomic E-state index is 9.19. The van der Waals surface area contributed by atoms with Crippen LogP contribution in [0.25, 0.3) is 0 Å². The number of nitrogens with zero attached hydrogens (tertiary/aromatic N) is 1. The Morgan fingerprint density at radius 3 is 1.71 bits per heavy atom. The summed E-state index contributed by atoms with van der Waals surface area (Å²) in [5, 5.41) is 8.99. The molecule has 7 heavy (non-hydrogen) atoms. The van der Waals surface area contributed by atoms with E-state index in [9.17, 15) is 8.42 Å². The quantitative estimate of drug-likeness (QED) is 0.278. The lowest BCUT2D eigenvalue weighted by molar-refractivity contribution is -0.316. The fraction of sp³-hybridized carbons (Fsp3) is 0. The predicted octanol–water partition coefficient (Wildman–Crippen LogP) is -0.934. The van der Waals surface area contributed by atoms with Crippen LogP contribution in [0.5, 0.6) is 0 Å². The Bertz CT molecular complexity index is 163. The molecule has 6 nitrogen and oxygen atoms in total. The van der Waals surface area contributed by atoms with Gasteiger partial charge in [-0.2, -0.15) is 0 Å². The maximum atomic E-state index is 9.19. The van der Waals surface area contributed by atoms with E-state index in [1.165, 1.54) is 0 Å². The standard InChI is InChI=1S/HNO5S/c2-1(3)7(4,5)6/h(H,4,5,6). The fourth-order valence-corrected chi connectivity index (χ4v) is 0. The number of hydrogen-bond donors (Lipinski definition) is 1. The van der Waals surface area contributed by atoms with Crippen molar-refractivity contribution in [2.24, 2.45) is 0 Å². The van der Waals surface area contributed by atoms with Crippen LogP contribution in [0.3, 0.4) is 0 Å². The van der Waals surface area contributed by atoms with Gasteiger partial charge in [-0.15, -0.1) is 8.42 Å². The summed E-state index contributed by atoms with van der Waals surface area (Å²) in [5.74, 6) is 0. The molecule has 0 amide bonds. The Hall–Kier alpha value is -0.690. The minimum Gasteiger partial charge on any atom is -0.245 e. The molecule has 0 radical (unpaired) electrons. The van der Waals surface area contributed by atoms with E-state index in [2.05, 4.69) is 0 Å². The van der Waals surface area contributed by atoms with Crippen molar-refractivity contribution in [2.75, 3.05) is 0 Å². The van der Waals surface area contributed by atoms with Crippen molar-refractivity contribution in [3.8, 4) is 0 Å². The van der Waals surface area contributed by atoms with Crippen molar-refractivity contribution in [1.29, 1.82) is 0 Å². The molecule has 0 aliphatic carbocycles. The Kier molecular flexibility index (Phi) is 1.29. The monoisotopic (exact) mass is 127 g/mol. The summed E-state index contributed by atoms with van der Waals surface area (Å²) in [4.78, 5) is 8.99. The first-order valence-corrected chi connectivity index (χ1v) is 2.46. The Morgan fingerprint density at radius 1 is 1.57 bits per heavy atom. The van der Waals surface area contributed by atoms with Gasteiger partial charge >= 0.3 is 10.3 Å². The van der Waals surface area contributed by atoms with E-state index in [4.69, 9.17) is 14.7 Å². The molecule has 0 spiro atoms. The summed E-state index contributed by atoms with van der Waals surface area (Å²) in [6, 6.07) is 0. The Balaban J connectivity index is 4.43. The average Bonchev–Trinajstić information content (AvgIpc) is 1.31. The van der Waals surface area contributed by atoms with Crippen molar-refractivity contribution in [3.05, 3.63) is 10.1 Å². The van der Waals surface area contributed by atoms with Crippen LogP contribution in [0.2, 0.25) is 0 Å². The van der Waals surface area contributed by atoms with Crippen LogP contribution in [0.4, 0.5) is 0 Å². The minimum absolute atomic E-state index is 1.78. The second-order valence-corrected chi connectivity index (χ2v) is 1.87. The van der Waals surface area contributed by atoms with Gasteiger partial charge in [0.2, 0.25) is 0 Å². The molecule has 0 aromatic rings. The number of nitro groups is 1. The molecule has 0 atom stereocenters. The van der Waals surface area contributed by atoms with Crippen molar-refractivity contribution >= 4 is 10.3 Å². The molecule has 0 aromatic heterocycles. The highest BCUT2D eigenvalue weighted by Gasteiger charge is 2.16. The predicted molar refractivity (Wildman–Crippen MR) is 18.5 cm³/mol. The highest BCUT2D eigenvalue weighted by atomic mass is 32.2. The summed E-state index contributed by atoms with van der Waals surface area (Å²) < 4.78 is 24.0. The maximum Gasteiger partial charge on any atom is 0.563 e. The van der Waals surface area contributed by atoms with Crippen molar-refractivity contribution in [3.63, 3.8) is 0 Å². The molecule has 0 heterocycles. The lowest BCUT2D eigenvalue weighted by Crippen LogP contribution is -2.09. The van der Waals surface area contributed by atoms with Crippen molar-refractivity contribution in [2.45, 2.75) is 0 Å². The van der Waals surface area contributed by atoms with Gasteiger partial charge in [0, 0.05) is 0 Å². The molecule has 42 valence electrons. The van der Waals surface area contributed by atoms with Gasteiger partial charge in [0.05, 0.1) is 0 Å². The van der Waals surface area contributed by atoms with Gasteiger partial charge in [-0.1, -0.05) is 0 Å². The van der Waals surface area contributed by atoms with E-state index < -0.39 is 14.6 Å². The first-order chi connectivity index (χ1) is 2.94. The highest BCUT2D eigenvalue weighted by Crippen LogP contribution is 1.77. The van der Waals surface area contributed by atoms with Crippen molar-refractivity contribution < 1.29 is 17.3 Å². The van der Waals surface area contributed by atoms with Gasteiger partial charge in [-0.05, 0) is 0 Å². The molecule has 1 N–H and O–H groups in total. The summed E-state index contributed by atoms with van der Waals surface area (Å²) in [7, 11) is -5.02. The highest BCUT2D eigenvalue weighted by molar-refractivity contribution is 7.79. The van der Waals surface area contributed by atoms with Crippen LogP contribution in [0, 0.1) is 10.1 Å². The van der Waals surface area contributed by atoms with Gasteiger partial charge in [0.1, 0.15) is 0 Å². The first-order valence-electron chi connectivity index (χ1n) is 1.06. The van der Waals surface area contributed by atoms with Crippen LogP contribution >= 0.6 is 0 Å². The molecule has 0 saturated heterocycles. The van der Waals surface area contributed by atoms with Crippen LogP contribution < -0.4 is 0 Å². The van der Waals surface area contributed by atoms with E-state index in [-0.39, 0.29) is 0 Å². The molecule has 0 unspecified atom stereocenters. The van der Waals surface area contributed by atoms with Crippen LogP contribution in [0.1, 0.15) is 0 Å². The van der Waals surface area contributed by atoms with E-state index in [0.717, 1.165) is 0 Å². The van der Waals surface area contributed by atoms with Gasteiger partial charge in [-0.3, -0.25) is 0 Å². The van der Waals surface area contributed by atoms with Crippen molar-refractivity contribution in [1.82, 2.24) is 0 Å². The fourth-order valence-electron chi connectivity index (χ4n) is 0. The third-order valence-electron chi connectivity index (χ3n) is 0.188. The Labute approximate surface area is 38.8 Å². The molecule has 0 rings (SSSR count). The van der Waals surface area contributed by atoms with Gasteiger partial charge in [-0.25, -0.2) is 14.7 Å². The second kappa shape index (κ2) is 1.43. The number of hydrogen-bond acceptors (Lipinski definition) is 4. The SMILES string of the molecule is O=[N+]([O-])S(=O)(=O)O. The van der Waals surface area contributed by atoms with Crippen LogP contribution in [-0.4, -0.2) is 17.3 Å². The number of rotatable bonds is 1. The van der Waals surface area contributed by atoms with Gasteiger partial charge in [0.25, 0.3) is 0 Å². The molecular weight excluding hydrogens is 126 g/mol. The lowest BCUT2D eigenvalue weighted by atomic mass is 13.4. The Morgan fingerprint density at radius 2 is 1.71 bits per heavy atom. The second-order valence-electron chi connectivity index (χ2n) is 0.671. The molecule has 0 aliphatic rings. The van der Waals surface area contributed by atoms with Crippen LogP contribution in [0.15, 0.2) is 0 Å². The van der Waals surface area contributed by atoms with E-state index in [1.807, 2.05) is 0 Å². The first kappa shape index (κ1) is 6.31. The summed E-state index contributed by atoms with van der Waals surface area (Å²) >= 11 is 0. The van der Waals surface area contributed by atoms with E-state index >= 15 is 0 Å². The van der Waals surface area contributed by atoms with Gasteiger partial charge in [0.15, 0.2) is 4.33 Å². The normalized spacial score (nSPS) is 11.0. The summed E-state index contributed by atoms with van der Waals surface area (Å²) in [6.45, 7) is 0. The molecule has 0 fully saturated rings. The third-order valence-corrected chi connectivity index (χ3v) is 0.565. The largest absolute Gasteiger partial charge is 0.563 e. The molecule has 0 aromatic carbocycles. The zero-order chi connectivity index (χ0) is 6.08. The average molecular weight is 127 g/mol. The third kappa shape index (κ3) is 2.06. The molecule has 0 saturated carbocycles. The minimum atomic E-state index is -5.02. The zero-order valence-corrected chi connectivity index (χ0v) is 3.75. The van der Waals surface area contributed by atoms with E-state index in [1.54, 1.807) is 0 Å². The summed E-state index contributed by atoms with van der Waals surface area (Å²) in [6.07, 6.45) is 0. The molecule has 0 bridgehead atoms. The smallest absolute Gasteiger partial charge is 0.245 e. The topological polar surface area (TPSA) is 97.5 Å². The molecule has 0 aliphatic heterocycles. The summed E-state index contributed by atoms with van der Waals surface area (Å²) in [5.41, 5.74) is 0.